The average molecular weight is 320 g/mol. The Morgan fingerprint density at radius 2 is 1.68 bits per heavy atom. The van der Waals surface area contributed by atoms with Crippen LogP contribution in [0.3, 0.4) is 0 Å². The topological polar surface area (TPSA) is 21.3 Å². The van der Waals surface area contributed by atoms with Crippen molar-refractivity contribution in [3.63, 3.8) is 0 Å². The molecular weight excluding hydrogens is 302 g/mol. The van der Waals surface area contributed by atoms with Crippen molar-refractivity contribution < 1.29 is 4.74 Å². The summed E-state index contributed by atoms with van der Waals surface area (Å²) >= 11 is 3.51. The Bertz CT molecular complexity index is 534. The van der Waals surface area contributed by atoms with Crippen molar-refractivity contribution in [3.05, 3.63) is 58.1 Å². The summed E-state index contributed by atoms with van der Waals surface area (Å²) in [6.45, 7) is 5.57. The summed E-state index contributed by atoms with van der Waals surface area (Å²) in [6, 6.07) is 14.3. The van der Waals surface area contributed by atoms with E-state index in [0.29, 0.717) is 6.61 Å². The molecule has 0 fully saturated rings. The Kier molecular flexibility index (Phi) is 4.86. The van der Waals surface area contributed by atoms with E-state index in [1.807, 2.05) is 24.3 Å². The molecule has 100 valence electrons. The number of halogens is 1. The molecular formula is C16H18BrNO. The number of anilines is 1. The van der Waals surface area contributed by atoms with E-state index in [9.17, 15) is 0 Å². The first-order chi connectivity index (χ1) is 9.18. The van der Waals surface area contributed by atoms with E-state index in [0.717, 1.165) is 22.5 Å². The van der Waals surface area contributed by atoms with Gasteiger partial charge in [-0.2, -0.15) is 0 Å². The molecule has 2 aromatic carbocycles. The van der Waals surface area contributed by atoms with E-state index in [-0.39, 0.29) is 0 Å². The van der Waals surface area contributed by atoms with E-state index < -0.39 is 0 Å². The van der Waals surface area contributed by atoms with Gasteiger partial charge < -0.3 is 10.1 Å². The number of rotatable bonds is 5. The Morgan fingerprint density at radius 1 is 1.00 bits per heavy atom. The maximum absolute atomic E-state index is 5.85. The average Bonchev–Trinajstić information content (AvgIpc) is 2.39. The van der Waals surface area contributed by atoms with Crippen molar-refractivity contribution in [3.8, 4) is 5.75 Å². The predicted molar refractivity (Wildman–Crippen MR) is 84.0 cm³/mol. The van der Waals surface area contributed by atoms with Gasteiger partial charge in [0.05, 0.1) is 0 Å². The van der Waals surface area contributed by atoms with Crippen LogP contribution in [0.5, 0.6) is 5.75 Å². The van der Waals surface area contributed by atoms with Crippen LogP contribution in [-0.2, 0) is 0 Å². The second kappa shape index (κ2) is 6.62. The summed E-state index contributed by atoms with van der Waals surface area (Å²) in [5.74, 6) is 0.997. The van der Waals surface area contributed by atoms with E-state index in [2.05, 4.69) is 53.3 Å². The molecule has 0 aliphatic carbocycles. The molecule has 3 heteroatoms. The Hall–Kier alpha value is -1.48. The van der Waals surface area contributed by atoms with Crippen LogP contribution in [0.1, 0.15) is 11.1 Å². The van der Waals surface area contributed by atoms with Crippen molar-refractivity contribution >= 4 is 21.6 Å². The van der Waals surface area contributed by atoms with Crippen LogP contribution in [0.2, 0.25) is 0 Å². The molecule has 0 saturated heterocycles. The predicted octanol–water partition coefficient (Wildman–Crippen LogP) is 4.56. The zero-order valence-corrected chi connectivity index (χ0v) is 12.8. The van der Waals surface area contributed by atoms with Crippen molar-refractivity contribution in [1.29, 1.82) is 0 Å². The molecule has 0 heterocycles. The highest BCUT2D eigenvalue weighted by Crippen LogP contribution is 2.23. The lowest BCUT2D eigenvalue weighted by molar-refractivity contribution is 0.328. The van der Waals surface area contributed by atoms with Gasteiger partial charge in [0.25, 0.3) is 0 Å². The number of ether oxygens (including phenoxy) is 1. The number of para-hydroxylation sites is 2. The van der Waals surface area contributed by atoms with Gasteiger partial charge >= 0.3 is 0 Å². The molecule has 19 heavy (non-hydrogen) atoms. The second-order valence-corrected chi connectivity index (χ2v) is 5.33. The number of nitrogens with one attached hydrogen (secondary N) is 1. The molecule has 1 N–H and O–H groups in total. The minimum Gasteiger partial charge on any atom is -0.491 e. The van der Waals surface area contributed by atoms with Gasteiger partial charge in [0.2, 0.25) is 0 Å². The fraction of sp³-hybridized carbons (Fsp3) is 0.250. The first kappa shape index (κ1) is 13.9. The number of benzene rings is 2. The molecule has 0 spiro atoms. The second-order valence-electron chi connectivity index (χ2n) is 4.48. The molecule has 0 amide bonds. The van der Waals surface area contributed by atoms with Gasteiger partial charge in [-0.3, -0.25) is 0 Å². The minimum absolute atomic E-state index is 0.646. The molecule has 0 aromatic heterocycles. The number of hydrogen-bond donors (Lipinski definition) is 1. The van der Waals surface area contributed by atoms with Crippen LogP contribution >= 0.6 is 15.9 Å². The molecule has 0 atom stereocenters. The van der Waals surface area contributed by atoms with E-state index in [1.165, 1.54) is 11.1 Å². The molecule has 0 aliphatic rings. The molecule has 0 saturated carbocycles. The van der Waals surface area contributed by atoms with Gasteiger partial charge in [0.1, 0.15) is 12.4 Å². The summed E-state index contributed by atoms with van der Waals surface area (Å²) < 4.78 is 6.92. The smallest absolute Gasteiger partial charge is 0.125 e. The minimum atomic E-state index is 0.646. The Morgan fingerprint density at radius 3 is 2.37 bits per heavy atom. The van der Waals surface area contributed by atoms with Gasteiger partial charge in [-0.1, -0.05) is 30.3 Å². The Labute approximate surface area is 122 Å². The van der Waals surface area contributed by atoms with Crippen LogP contribution < -0.4 is 10.1 Å². The zero-order valence-electron chi connectivity index (χ0n) is 11.2. The lowest BCUT2D eigenvalue weighted by Crippen LogP contribution is -2.12. The third-order valence-corrected chi connectivity index (χ3v) is 3.64. The maximum Gasteiger partial charge on any atom is 0.125 e. The summed E-state index contributed by atoms with van der Waals surface area (Å²) in [5, 5.41) is 3.35. The van der Waals surface area contributed by atoms with E-state index >= 15 is 0 Å². The molecule has 2 aromatic rings. The van der Waals surface area contributed by atoms with Gasteiger partial charge in [-0.15, -0.1) is 0 Å². The first-order valence-electron chi connectivity index (χ1n) is 6.36. The van der Waals surface area contributed by atoms with Crippen LogP contribution in [0.15, 0.2) is 46.9 Å². The molecule has 0 radical (unpaired) electrons. The summed E-state index contributed by atoms with van der Waals surface area (Å²) in [5.41, 5.74) is 3.45. The molecule has 0 aliphatic heterocycles. The highest BCUT2D eigenvalue weighted by molar-refractivity contribution is 9.10. The highest BCUT2D eigenvalue weighted by Gasteiger charge is 2.03. The van der Waals surface area contributed by atoms with Crippen LogP contribution in [0, 0.1) is 13.8 Å². The number of aryl methyl sites for hydroxylation is 2. The summed E-state index contributed by atoms with van der Waals surface area (Å²) in [6.07, 6.45) is 0. The summed E-state index contributed by atoms with van der Waals surface area (Å²) in [4.78, 5) is 0. The third-order valence-electron chi connectivity index (χ3n) is 2.95. The van der Waals surface area contributed by atoms with Crippen molar-refractivity contribution in [2.75, 3.05) is 18.5 Å². The summed E-state index contributed by atoms with van der Waals surface area (Å²) in [7, 11) is 0. The zero-order chi connectivity index (χ0) is 13.7. The third kappa shape index (κ3) is 3.74. The normalized spacial score (nSPS) is 10.3. The van der Waals surface area contributed by atoms with E-state index in [4.69, 9.17) is 4.74 Å². The van der Waals surface area contributed by atoms with Crippen molar-refractivity contribution in [2.24, 2.45) is 0 Å². The Balaban J connectivity index is 1.86. The molecule has 2 rings (SSSR count). The lowest BCUT2D eigenvalue weighted by Gasteiger charge is -2.13. The van der Waals surface area contributed by atoms with Gasteiger partial charge in [0, 0.05) is 16.7 Å². The van der Waals surface area contributed by atoms with Crippen molar-refractivity contribution in [1.82, 2.24) is 0 Å². The fourth-order valence-electron chi connectivity index (χ4n) is 1.97. The fourth-order valence-corrected chi connectivity index (χ4v) is 2.40. The van der Waals surface area contributed by atoms with Crippen LogP contribution in [0.25, 0.3) is 0 Å². The molecule has 2 nitrogen and oxygen atoms in total. The quantitative estimate of drug-likeness (QED) is 0.816. The monoisotopic (exact) mass is 319 g/mol. The maximum atomic E-state index is 5.85. The highest BCUT2D eigenvalue weighted by atomic mass is 79.9. The van der Waals surface area contributed by atoms with E-state index in [1.54, 1.807) is 0 Å². The molecule has 0 bridgehead atoms. The lowest BCUT2D eigenvalue weighted by atomic mass is 10.1. The standard InChI is InChI=1S/C16H18BrNO/c1-12-6-5-7-13(2)16(12)19-11-10-18-15-9-4-3-8-14(15)17/h3-9,18H,10-11H2,1-2H3. The first-order valence-corrected chi connectivity index (χ1v) is 7.15. The van der Waals surface area contributed by atoms with Gasteiger partial charge in [0.15, 0.2) is 0 Å². The SMILES string of the molecule is Cc1cccc(C)c1OCCNc1ccccc1Br. The van der Waals surface area contributed by atoms with Crippen LogP contribution in [-0.4, -0.2) is 13.2 Å². The van der Waals surface area contributed by atoms with Crippen LogP contribution in [0.4, 0.5) is 5.69 Å². The number of hydrogen-bond acceptors (Lipinski definition) is 2. The van der Waals surface area contributed by atoms with Gasteiger partial charge in [-0.05, 0) is 53.0 Å². The van der Waals surface area contributed by atoms with Crippen molar-refractivity contribution in [2.45, 2.75) is 13.8 Å². The van der Waals surface area contributed by atoms with Gasteiger partial charge in [-0.25, -0.2) is 0 Å². The molecule has 0 unspecified atom stereocenters. The largest absolute Gasteiger partial charge is 0.491 e.